The summed E-state index contributed by atoms with van der Waals surface area (Å²) in [5.74, 6) is 0.487. The minimum Gasteiger partial charge on any atom is -0.497 e. The highest BCUT2D eigenvalue weighted by atomic mass is 16.5. The number of amides is 2. The fourth-order valence-corrected chi connectivity index (χ4v) is 5.37. The molecule has 1 heterocycles. The maximum atomic E-state index is 14.0. The summed E-state index contributed by atoms with van der Waals surface area (Å²) in [5.41, 5.74) is 5.89. The number of methoxy groups -OCH3 is 2. The van der Waals surface area contributed by atoms with E-state index in [1.165, 1.54) is 0 Å². The van der Waals surface area contributed by atoms with Crippen molar-refractivity contribution in [3.05, 3.63) is 126 Å². The molecule has 44 heavy (non-hydrogen) atoms. The molecule has 0 radical (unpaired) electrons. The lowest BCUT2D eigenvalue weighted by molar-refractivity contribution is -0.132. The Balaban J connectivity index is 1.35. The Morgan fingerprint density at radius 2 is 1.45 bits per heavy atom. The maximum Gasteiger partial charge on any atom is 0.254 e. The van der Waals surface area contributed by atoms with Crippen molar-refractivity contribution in [2.75, 3.05) is 40.5 Å². The zero-order valence-electron chi connectivity index (χ0n) is 25.4. The number of fused-ring (bicyclic) bond motifs is 1. The van der Waals surface area contributed by atoms with E-state index in [1.807, 2.05) is 102 Å². The lowest BCUT2D eigenvalue weighted by Crippen LogP contribution is -2.44. The van der Waals surface area contributed by atoms with E-state index in [4.69, 9.17) is 9.47 Å². The minimum absolute atomic E-state index is 0.0208. The van der Waals surface area contributed by atoms with Gasteiger partial charge in [0.1, 0.15) is 12.3 Å². The van der Waals surface area contributed by atoms with Crippen LogP contribution in [-0.4, -0.2) is 67.1 Å². The molecule has 2 amide bonds. The molecule has 0 saturated heterocycles. The third kappa shape index (κ3) is 7.74. The third-order valence-corrected chi connectivity index (χ3v) is 7.84. The van der Waals surface area contributed by atoms with E-state index in [0.717, 1.165) is 38.9 Å². The molecule has 0 aliphatic heterocycles. The molecule has 0 fully saturated rings. The largest absolute Gasteiger partial charge is 0.497 e. The van der Waals surface area contributed by atoms with E-state index in [0.29, 0.717) is 44.6 Å². The van der Waals surface area contributed by atoms with Crippen molar-refractivity contribution in [1.82, 2.24) is 14.8 Å². The number of hydrogen-bond acceptors (Lipinski definition) is 4. The van der Waals surface area contributed by atoms with E-state index in [9.17, 15) is 9.59 Å². The Bertz CT molecular complexity index is 1650. The van der Waals surface area contributed by atoms with Crippen LogP contribution in [0.25, 0.3) is 22.0 Å². The van der Waals surface area contributed by atoms with Gasteiger partial charge in [-0.2, -0.15) is 0 Å². The molecule has 1 N–H and O–H groups in total. The van der Waals surface area contributed by atoms with Crippen molar-refractivity contribution in [2.24, 2.45) is 0 Å². The molecule has 0 atom stereocenters. The first kappa shape index (κ1) is 30.6. The zero-order chi connectivity index (χ0) is 30.7. The normalized spacial score (nSPS) is 11.0. The highest BCUT2D eigenvalue weighted by molar-refractivity contribution is 5.97. The van der Waals surface area contributed by atoms with Crippen LogP contribution < -0.4 is 4.74 Å². The van der Waals surface area contributed by atoms with Crippen LogP contribution in [0.4, 0.5) is 0 Å². The molecule has 1 aromatic heterocycles. The van der Waals surface area contributed by atoms with Gasteiger partial charge in [-0.05, 0) is 65.4 Å². The quantitative estimate of drug-likeness (QED) is 0.148. The summed E-state index contributed by atoms with van der Waals surface area (Å²) in [7, 11) is 3.28. The summed E-state index contributed by atoms with van der Waals surface area (Å²) in [6.07, 6.45) is 3.33. The third-order valence-electron chi connectivity index (χ3n) is 7.84. The Morgan fingerprint density at radius 3 is 2.18 bits per heavy atom. The Labute approximate surface area is 259 Å². The number of nitrogens with one attached hydrogen (secondary N) is 1. The Morgan fingerprint density at radius 1 is 0.750 bits per heavy atom. The summed E-state index contributed by atoms with van der Waals surface area (Å²) in [5, 5.41) is 1.15. The predicted octanol–water partition coefficient (Wildman–Crippen LogP) is 6.59. The van der Waals surface area contributed by atoms with Gasteiger partial charge in [-0.25, -0.2) is 0 Å². The highest BCUT2D eigenvalue weighted by Crippen LogP contribution is 2.22. The number of carbonyl (C=O) groups is 2. The molecule has 7 nitrogen and oxygen atoms in total. The monoisotopic (exact) mass is 589 g/mol. The Kier molecular flexibility index (Phi) is 10.4. The first-order chi connectivity index (χ1) is 21.6. The highest BCUT2D eigenvalue weighted by Gasteiger charge is 2.23. The lowest BCUT2D eigenvalue weighted by Gasteiger charge is -2.28. The number of ether oxygens (including phenoxy) is 2. The van der Waals surface area contributed by atoms with Gasteiger partial charge in [-0.1, -0.05) is 72.8 Å². The number of rotatable bonds is 14. The molecule has 5 rings (SSSR count). The molecule has 5 aromatic rings. The van der Waals surface area contributed by atoms with E-state index >= 15 is 0 Å². The van der Waals surface area contributed by atoms with Gasteiger partial charge in [-0.15, -0.1) is 0 Å². The molecule has 0 bridgehead atoms. The summed E-state index contributed by atoms with van der Waals surface area (Å²) >= 11 is 0. The average molecular weight is 590 g/mol. The fraction of sp³-hybridized carbons (Fsp3) is 0.243. The smallest absolute Gasteiger partial charge is 0.254 e. The number of carbonyl (C=O) groups excluding carboxylic acids is 2. The number of nitrogens with zero attached hydrogens (tertiary/aromatic N) is 2. The lowest BCUT2D eigenvalue weighted by atomic mass is 10.0. The summed E-state index contributed by atoms with van der Waals surface area (Å²) < 4.78 is 10.6. The minimum atomic E-state index is -0.171. The fourth-order valence-electron chi connectivity index (χ4n) is 5.37. The standard InChI is InChI=1S/C37H39N3O4/c1-43-24-8-22-40(37(42)31-17-15-30(16-18-31)29-9-4-3-5-10-29)27-36(41)39(26-28-13-19-33(44-2)20-14-28)23-21-32-25-38-35-12-7-6-11-34(32)35/h3-7,9-20,25,38H,8,21-24,26-27H2,1-2H3. The molecule has 0 spiro atoms. The zero-order valence-corrected chi connectivity index (χ0v) is 25.4. The predicted molar refractivity (Wildman–Crippen MR) is 175 cm³/mol. The SMILES string of the molecule is COCCCN(CC(=O)N(CCc1c[nH]c2ccccc12)Cc1ccc(OC)cc1)C(=O)c1ccc(-c2ccccc2)cc1. The molecule has 226 valence electrons. The number of para-hydroxylation sites is 1. The van der Waals surface area contributed by atoms with Crippen LogP contribution in [0.5, 0.6) is 5.75 Å². The van der Waals surface area contributed by atoms with Crippen molar-refractivity contribution < 1.29 is 19.1 Å². The van der Waals surface area contributed by atoms with Crippen molar-refractivity contribution in [2.45, 2.75) is 19.4 Å². The van der Waals surface area contributed by atoms with Gasteiger partial charge in [0.2, 0.25) is 5.91 Å². The maximum absolute atomic E-state index is 14.0. The number of benzene rings is 4. The second kappa shape index (κ2) is 15.0. The van der Waals surface area contributed by atoms with E-state index in [2.05, 4.69) is 17.1 Å². The van der Waals surface area contributed by atoms with Crippen LogP contribution >= 0.6 is 0 Å². The Hall–Kier alpha value is -4.88. The van der Waals surface area contributed by atoms with E-state index < -0.39 is 0 Å². The van der Waals surface area contributed by atoms with Crippen molar-refractivity contribution in [1.29, 1.82) is 0 Å². The molecular formula is C37H39N3O4. The van der Waals surface area contributed by atoms with Gasteiger partial charge in [0.05, 0.1) is 7.11 Å². The van der Waals surface area contributed by atoms with Gasteiger partial charge in [0.15, 0.2) is 0 Å². The molecule has 4 aromatic carbocycles. The van der Waals surface area contributed by atoms with Gasteiger partial charge < -0.3 is 24.3 Å². The number of H-pyrrole nitrogens is 1. The molecule has 0 aliphatic carbocycles. The van der Waals surface area contributed by atoms with Gasteiger partial charge in [0, 0.05) is 56.0 Å². The second-order valence-corrected chi connectivity index (χ2v) is 10.8. The van der Waals surface area contributed by atoms with Gasteiger partial charge in [0.25, 0.3) is 5.91 Å². The molecule has 7 heteroatoms. The van der Waals surface area contributed by atoms with Crippen molar-refractivity contribution >= 4 is 22.7 Å². The first-order valence-corrected chi connectivity index (χ1v) is 14.9. The molecule has 0 aliphatic rings. The molecule has 0 unspecified atom stereocenters. The van der Waals surface area contributed by atoms with Crippen molar-refractivity contribution in [3.8, 4) is 16.9 Å². The van der Waals surface area contributed by atoms with Crippen LogP contribution in [0.2, 0.25) is 0 Å². The first-order valence-electron chi connectivity index (χ1n) is 14.9. The van der Waals surface area contributed by atoms with Gasteiger partial charge >= 0.3 is 0 Å². The van der Waals surface area contributed by atoms with Crippen LogP contribution in [0.15, 0.2) is 109 Å². The summed E-state index contributed by atoms with van der Waals surface area (Å²) in [6.45, 7) is 1.83. The van der Waals surface area contributed by atoms with Crippen LogP contribution in [0, 0.1) is 0 Å². The summed E-state index contributed by atoms with van der Waals surface area (Å²) in [6, 6.07) is 33.6. The van der Waals surface area contributed by atoms with Crippen molar-refractivity contribution in [3.63, 3.8) is 0 Å². The number of aromatic nitrogens is 1. The van der Waals surface area contributed by atoms with Gasteiger partial charge in [-0.3, -0.25) is 9.59 Å². The van der Waals surface area contributed by atoms with Crippen LogP contribution in [0.3, 0.4) is 0 Å². The van der Waals surface area contributed by atoms with E-state index in [1.54, 1.807) is 19.1 Å². The number of aromatic amines is 1. The van der Waals surface area contributed by atoms with Crippen LogP contribution in [0.1, 0.15) is 27.9 Å². The van der Waals surface area contributed by atoms with E-state index in [-0.39, 0.29) is 18.4 Å². The average Bonchev–Trinajstić information content (AvgIpc) is 3.49. The molecule has 0 saturated carbocycles. The van der Waals surface area contributed by atoms with Crippen LogP contribution in [-0.2, 0) is 22.5 Å². The second-order valence-electron chi connectivity index (χ2n) is 10.8. The number of hydrogen-bond donors (Lipinski definition) is 1. The molecular weight excluding hydrogens is 550 g/mol. The summed E-state index contributed by atoms with van der Waals surface area (Å²) in [4.78, 5) is 34.6. The topological polar surface area (TPSA) is 74.9 Å².